The minimum absolute atomic E-state index is 0.112. The number of nitrogens with zero attached hydrogens (tertiary/aromatic N) is 4. The highest BCUT2D eigenvalue weighted by molar-refractivity contribution is 6.77. The number of hydrogen-bond acceptors (Lipinski definition) is 13. The normalized spacial score (nSPS) is 29.1. The Labute approximate surface area is 664 Å². The second kappa shape index (κ2) is 15.6. The molecule has 0 saturated carbocycles. The molecule has 0 bridgehead atoms. The van der Waals surface area contributed by atoms with E-state index in [-0.39, 0.29) is 48.5 Å². The summed E-state index contributed by atoms with van der Waals surface area (Å²) in [6.45, 7) is 29.5. The number of nitrogens with one attached hydrogen (secondary N) is 4. The zero-order valence-corrected chi connectivity index (χ0v) is 67.1. The fourth-order valence-electron chi connectivity index (χ4n) is 34.1. The summed E-state index contributed by atoms with van der Waals surface area (Å²) in [5, 5.41) is 74.9. The first-order chi connectivity index (χ1) is 56.2. The minimum Gasteiger partial charge on any atom is -0.444 e. The second-order valence-electron chi connectivity index (χ2n) is 44.2. The number of piperidine rings is 4. The third kappa shape index (κ3) is 4.74. The Balaban J connectivity index is 0.774. The third-order valence-electron chi connectivity index (χ3n) is 35.5. The lowest BCUT2D eigenvalue weighted by Crippen LogP contribution is -2.66. The largest absolute Gasteiger partial charge is 0.444 e. The highest BCUT2D eigenvalue weighted by Gasteiger charge is 2.96. The summed E-state index contributed by atoms with van der Waals surface area (Å²) in [7, 11) is 0. The maximum atomic E-state index is 14.4. The number of likely N-dealkylation sites (tertiary alicyclic amines) is 4. The Bertz CT molecular complexity index is 8210. The lowest BCUT2D eigenvalue weighted by atomic mass is 9.51. The van der Waals surface area contributed by atoms with Gasteiger partial charge in [0.25, 0.3) is 0 Å². The van der Waals surface area contributed by atoms with Crippen LogP contribution in [0.4, 0.5) is 19.2 Å². The van der Waals surface area contributed by atoms with Gasteiger partial charge in [0.15, 0.2) is 11.2 Å². The molecule has 4 N–H and O–H groups in total. The summed E-state index contributed by atoms with van der Waals surface area (Å²) >= 11 is 0. The Morgan fingerprint density at radius 2 is 0.410 bits per heavy atom. The van der Waals surface area contributed by atoms with E-state index in [9.17, 15) is 23.9 Å². The molecule has 21 aromatic carbocycles. The first-order valence-electron chi connectivity index (χ1n) is 44.2. The quantitative estimate of drug-likeness (QED) is 0.0642. The van der Waals surface area contributed by atoms with Crippen LogP contribution in [-0.4, -0.2) is 149 Å². The molecule has 2 unspecified atom stereocenters. The molecular formula is C100H76N8O9. The van der Waals surface area contributed by atoms with Crippen molar-refractivity contribution in [3.63, 3.8) is 0 Å². The van der Waals surface area contributed by atoms with Gasteiger partial charge in [0, 0.05) is 98.8 Å². The van der Waals surface area contributed by atoms with Gasteiger partial charge in [-0.1, -0.05) is 0 Å². The fraction of sp³-hybridized carbons (Fsp3) is 0.420. The molecule has 6 atom stereocenters. The van der Waals surface area contributed by atoms with Crippen LogP contribution in [0.15, 0.2) is 22.3 Å². The molecule has 0 radical (unpaired) electrons. The average molecular weight is 1530 g/mol. The Morgan fingerprint density at radius 1 is 0.248 bits per heavy atom. The molecule has 16 aliphatic rings. The number of ether oxygens (including phenoxy) is 5. The maximum Gasteiger partial charge on any atom is 0.407 e. The van der Waals surface area contributed by atoms with Crippen molar-refractivity contribution in [3.05, 3.63) is 77.9 Å². The van der Waals surface area contributed by atoms with Crippen LogP contribution in [0.5, 0.6) is 0 Å². The van der Waals surface area contributed by atoms with Crippen LogP contribution in [0.3, 0.4) is 0 Å². The van der Waals surface area contributed by atoms with Crippen LogP contribution in [0.25, 0.3) is 215 Å². The molecule has 21 aromatic rings. The highest BCUT2D eigenvalue weighted by Crippen LogP contribution is 2.97. The zero-order chi connectivity index (χ0) is 76.8. The highest BCUT2D eigenvalue weighted by atomic mass is 16.6. The third-order valence-corrected chi connectivity index (χ3v) is 35.5. The number of carbonyl (C=O) groups is 4. The van der Waals surface area contributed by atoms with Gasteiger partial charge in [-0.05, 0) is 406 Å². The second-order valence-corrected chi connectivity index (χ2v) is 44.2. The Hall–Kier alpha value is -10.1. The molecule has 117 heavy (non-hydrogen) atoms. The Kier molecular flexibility index (Phi) is 7.95. The van der Waals surface area contributed by atoms with Gasteiger partial charge in [0.2, 0.25) is 0 Å². The molecule has 570 valence electrons. The number of carbonyl (C=O) groups excluding carboxylic acids is 4. The lowest BCUT2D eigenvalue weighted by molar-refractivity contribution is 0.0372. The topological polar surface area (TPSA) is 179 Å². The lowest BCUT2D eigenvalue weighted by Gasteiger charge is -2.63. The predicted molar refractivity (Wildman–Crippen MR) is 456 cm³/mol. The molecule has 5 saturated heterocycles. The van der Waals surface area contributed by atoms with E-state index in [1.807, 2.05) is 83.1 Å². The summed E-state index contributed by atoms with van der Waals surface area (Å²) in [6, 6.07) is -0.455. The van der Waals surface area contributed by atoms with Crippen molar-refractivity contribution in [3.8, 4) is 0 Å². The van der Waals surface area contributed by atoms with Gasteiger partial charge >= 0.3 is 24.4 Å². The van der Waals surface area contributed by atoms with Gasteiger partial charge in [0.05, 0.1) is 22.2 Å². The minimum atomic E-state index is -1.02. The molecule has 17 nitrogen and oxygen atoms in total. The van der Waals surface area contributed by atoms with Crippen LogP contribution in [0, 0.1) is 0 Å². The molecule has 17 heteroatoms. The predicted octanol–water partition coefficient (Wildman–Crippen LogP) is 18.8. The zero-order valence-electron chi connectivity index (χ0n) is 67.1. The van der Waals surface area contributed by atoms with Crippen LogP contribution in [-0.2, 0) is 51.4 Å². The summed E-state index contributed by atoms with van der Waals surface area (Å²) in [6.07, 6.45) is 4.57. The van der Waals surface area contributed by atoms with E-state index >= 15 is 0 Å². The van der Waals surface area contributed by atoms with Gasteiger partial charge in [-0.25, -0.2) is 19.2 Å². The van der Waals surface area contributed by atoms with Crippen molar-refractivity contribution in [2.24, 2.45) is 0 Å². The summed E-state index contributed by atoms with van der Waals surface area (Å²) in [5.41, 5.74) is 13.2. The number of amides is 4. The first kappa shape index (κ1) is 59.5. The molecular weight excluding hydrogens is 1460 g/mol. The van der Waals surface area contributed by atoms with E-state index in [0.717, 1.165) is 104 Å². The standard InChI is InChI=1S/C100H76N8O9/c1-91(2,3)113-87(109)101-29-13-21-105(22-14-29)95-73-63-53-43-38-33-34-36-37-35(33)40-46-44(38)54(53)64-66-56(46)58-48(40)50-42(37)52-51-41(36)49-47-39(34)45(43)55-57(47)67-69-59(49)61(51)71-72-62(52)60(50)70-68(58)78-76(66)96(74(64)73,106-23-15-30(16-24-106)102-88(110)114-92(4,5)6)84-83(95)85-97(77(67)75(95)65(55)63,107-25-17-31(18-26-107)103-89(111)115-93(7,8)9)79(69)81(71)99-82(72)80(70)98(78,86(84)100(85,99)117-99)108-27-19-32(20-28-108)104-90(112)116-94(10,11)12/h29-32H,13-28H2,1-12H3,(H,101,109)(H,102,110)(H,103,111)(H,104,112)/t95-,96+,97-,98+,99?,100?. The van der Waals surface area contributed by atoms with Crippen molar-refractivity contribution < 1.29 is 42.9 Å². The number of benzene rings is 15. The molecule has 0 aromatic heterocycles. The van der Waals surface area contributed by atoms with Gasteiger partial charge in [-0.3, -0.25) is 19.6 Å². The van der Waals surface area contributed by atoms with Gasteiger partial charge in [-0.2, -0.15) is 0 Å². The molecule has 11 aliphatic carbocycles. The molecule has 5 heterocycles. The number of epoxide rings is 1. The first-order valence-corrected chi connectivity index (χ1v) is 44.2. The van der Waals surface area contributed by atoms with Crippen LogP contribution >= 0.6 is 0 Å². The molecule has 5 fully saturated rings. The van der Waals surface area contributed by atoms with Gasteiger partial charge in [-0.15, -0.1) is 0 Å². The van der Waals surface area contributed by atoms with Crippen molar-refractivity contribution in [2.75, 3.05) is 52.4 Å². The van der Waals surface area contributed by atoms with Gasteiger partial charge < -0.3 is 45.0 Å². The number of alkyl carbamates (subject to hydrolysis) is 4. The van der Waals surface area contributed by atoms with Crippen LogP contribution < -0.4 is 21.3 Å². The van der Waals surface area contributed by atoms with E-state index in [1.54, 1.807) is 49.2 Å². The van der Waals surface area contributed by atoms with Gasteiger partial charge in [0.1, 0.15) is 22.4 Å². The van der Waals surface area contributed by atoms with Crippen molar-refractivity contribution in [2.45, 2.75) is 214 Å². The average Bonchev–Trinajstić information content (AvgIpc) is 1.35. The van der Waals surface area contributed by atoms with E-state index in [4.69, 9.17) is 18.9 Å². The van der Waals surface area contributed by atoms with Crippen molar-refractivity contribution in [1.82, 2.24) is 40.9 Å². The van der Waals surface area contributed by atoms with E-state index in [2.05, 4.69) is 40.9 Å². The molecule has 37 rings (SSSR count). The summed E-state index contributed by atoms with van der Waals surface area (Å²) in [4.78, 5) is 70.0. The summed E-state index contributed by atoms with van der Waals surface area (Å²) < 4.78 is 34.2. The van der Waals surface area contributed by atoms with E-state index in [1.165, 1.54) is 244 Å². The van der Waals surface area contributed by atoms with E-state index < -0.39 is 55.8 Å². The number of hydrogen-bond donors (Lipinski definition) is 4. The summed E-state index contributed by atoms with van der Waals surface area (Å²) in [5.74, 6) is 0. The van der Waals surface area contributed by atoms with Crippen molar-refractivity contribution in [1.29, 1.82) is 0 Å². The molecule has 5 aliphatic heterocycles. The smallest absolute Gasteiger partial charge is 0.407 e. The molecule has 2 spiro atoms. The number of rotatable bonds is 8. The monoisotopic (exact) mass is 1530 g/mol. The molecule has 4 amide bonds. The van der Waals surface area contributed by atoms with E-state index in [0.29, 0.717) is 0 Å². The van der Waals surface area contributed by atoms with Crippen LogP contribution in [0.2, 0.25) is 0 Å². The fourth-order valence-corrected chi connectivity index (χ4v) is 34.1. The SMILES string of the molecule is CC(C)(C)OC(=O)NC1CCN([C@@]23C4=C5C6=C7C48OC84c8c2c2c9c3c3c%10c%11c(c%12c%13c%14c(c%15c%16c%17c(c4c4c8c8c2c2c%18c9c%10c9c%10c%11c%13c%11c%13c%14c%16c%14c%16c%17c4c4c8c2c2c(c4%16)c(c%14%13)c(c%10%11)c2c%189)[C@]7%15N2CCC(NC(=O)OC(C)(C)C)CC2)[C@]6%12N2CCC(NC(=O)OC(C)(C)C)CC2)[C@]53N2CCC(NC(=O)OC(C)(C)C)CC2)CC1. The maximum absolute atomic E-state index is 14.4. The van der Waals surface area contributed by atoms with Crippen LogP contribution in [0.1, 0.15) is 190 Å². The van der Waals surface area contributed by atoms with Crippen molar-refractivity contribution >= 4 is 240 Å². The Morgan fingerprint density at radius 3 is 0.607 bits per heavy atom.